The molecule has 0 bridgehead atoms. The first-order chi connectivity index (χ1) is 14.1. The minimum Gasteiger partial charge on any atom is -0.376 e. The van der Waals surface area contributed by atoms with Crippen molar-refractivity contribution >= 4 is 0 Å². The molecule has 0 aliphatic carbocycles. The van der Waals surface area contributed by atoms with Crippen LogP contribution >= 0.6 is 0 Å². The van der Waals surface area contributed by atoms with E-state index in [9.17, 15) is 8.78 Å². The van der Waals surface area contributed by atoms with E-state index >= 15 is 0 Å². The largest absolute Gasteiger partial charge is 0.376 e. The smallest absolute Gasteiger partial charge is 0.124 e. The summed E-state index contributed by atoms with van der Waals surface area (Å²) in [6.45, 7) is 2.87. The quantitative estimate of drug-likeness (QED) is 0.600. The van der Waals surface area contributed by atoms with Gasteiger partial charge in [0.25, 0.3) is 0 Å². The van der Waals surface area contributed by atoms with Crippen LogP contribution in [0.4, 0.5) is 8.78 Å². The summed E-state index contributed by atoms with van der Waals surface area (Å²) in [4.78, 5) is 0. The third-order valence-corrected chi connectivity index (χ3v) is 5.73. The molecule has 3 aromatic carbocycles. The van der Waals surface area contributed by atoms with Gasteiger partial charge in [-0.15, -0.1) is 0 Å². The van der Waals surface area contributed by atoms with Gasteiger partial charge in [0, 0.05) is 5.41 Å². The lowest BCUT2D eigenvalue weighted by molar-refractivity contribution is 0.0564. The van der Waals surface area contributed by atoms with Gasteiger partial charge in [-0.3, -0.25) is 0 Å². The Labute approximate surface area is 170 Å². The van der Waals surface area contributed by atoms with Gasteiger partial charge in [0.2, 0.25) is 0 Å². The van der Waals surface area contributed by atoms with Crippen molar-refractivity contribution in [3.05, 3.63) is 95.6 Å². The van der Waals surface area contributed by atoms with Crippen molar-refractivity contribution in [1.29, 1.82) is 0 Å². The molecular weight excluding hydrogens is 368 g/mol. The van der Waals surface area contributed by atoms with Crippen molar-refractivity contribution in [3.63, 3.8) is 0 Å². The Kier molecular flexibility index (Phi) is 6.02. The van der Waals surface area contributed by atoms with Crippen molar-refractivity contribution in [2.45, 2.75) is 24.9 Å². The molecule has 4 heteroatoms. The second-order valence-electron chi connectivity index (χ2n) is 7.74. The van der Waals surface area contributed by atoms with Crippen LogP contribution in [0.3, 0.4) is 0 Å². The zero-order chi connectivity index (χ0) is 20.1. The summed E-state index contributed by atoms with van der Waals surface area (Å²) < 4.78 is 33.5. The van der Waals surface area contributed by atoms with Crippen molar-refractivity contribution < 1.29 is 13.5 Å². The number of rotatable bonds is 6. The number of benzene rings is 3. The molecule has 1 fully saturated rings. The van der Waals surface area contributed by atoms with Crippen LogP contribution in [0.2, 0.25) is 0 Å². The second kappa shape index (κ2) is 8.85. The highest BCUT2D eigenvalue weighted by Crippen LogP contribution is 2.34. The number of nitrogens with one attached hydrogen (secondary N) is 1. The molecule has 1 N–H and O–H groups in total. The van der Waals surface area contributed by atoms with E-state index in [0.29, 0.717) is 13.2 Å². The Balaban J connectivity index is 1.49. The third-order valence-electron chi connectivity index (χ3n) is 5.73. The predicted molar refractivity (Wildman–Crippen MR) is 112 cm³/mol. The number of ether oxygens (including phenoxy) is 1. The fourth-order valence-electron chi connectivity index (χ4n) is 4.12. The summed E-state index contributed by atoms with van der Waals surface area (Å²) in [6, 6.07) is 21.5. The molecule has 1 aliphatic heterocycles. The zero-order valence-electron chi connectivity index (χ0n) is 16.3. The van der Waals surface area contributed by atoms with Crippen molar-refractivity contribution in [2.24, 2.45) is 0 Å². The van der Waals surface area contributed by atoms with Gasteiger partial charge in [0.15, 0.2) is 0 Å². The maximum Gasteiger partial charge on any atom is 0.124 e. The first kappa shape index (κ1) is 19.7. The molecule has 0 spiro atoms. The first-order valence-corrected chi connectivity index (χ1v) is 10.0. The van der Waals surface area contributed by atoms with Crippen molar-refractivity contribution in [3.8, 4) is 11.1 Å². The van der Waals surface area contributed by atoms with Gasteiger partial charge in [-0.05, 0) is 78.5 Å². The lowest BCUT2D eigenvalue weighted by atomic mass is 9.74. The Morgan fingerprint density at radius 2 is 1.52 bits per heavy atom. The van der Waals surface area contributed by atoms with E-state index in [0.717, 1.165) is 42.6 Å². The molecule has 1 saturated heterocycles. The highest BCUT2D eigenvalue weighted by molar-refractivity contribution is 5.64. The predicted octanol–water partition coefficient (Wildman–Crippen LogP) is 5.47. The lowest BCUT2D eigenvalue weighted by Crippen LogP contribution is -2.43. The molecule has 0 saturated carbocycles. The fraction of sp³-hybridized carbons (Fsp3) is 0.280. The molecule has 0 amide bonds. The van der Waals surface area contributed by atoms with Crippen LogP contribution in [0.25, 0.3) is 11.1 Å². The summed E-state index contributed by atoms with van der Waals surface area (Å²) in [5, 5.41) is 3.42. The van der Waals surface area contributed by atoms with Crippen LogP contribution < -0.4 is 5.32 Å². The van der Waals surface area contributed by atoms with Crippen LogP contribution in [0.1, 0.15) is 24.0 Å². The Hall–Kier alpha value is -2.56. The Bertz CT molecular complexity index is 935. The molecule has 0 radical (unpaired) electrons. The molecular formula is C25H25F2NO. The molecule has 0 unspecified atom stereocenters. The number of piperidine rings is 1. The van der Waals surface area contributed by atoms with Gasteiger partial charge in [0.05, 0.1) is 13.2 Å². The van der Waals surface area contributed by atoms with Crippen LogP contribution in [0.5, 0.6) is 0 Å². The van der Waals surface area contributed by atoms with Gasteiger partial charge in [-0.1, -0.05) is 42.5 Å². The maximum atomic E-state index is 14.2. The molecule has 1 heterocycles. The van der Waals surface area contributed by atoms with E-state index in [2.05, 4.69) is 29.6 Å². The average molecular weight is 393 g/mol. The average Bonchev–Trinajstić information content (AvgIpc) is 2.75. The van der Waals surface area contributed by atoms with Gasteiger partial charge in [0.1, 0.15) is 11.6 Å². The van der Waals surface area contributed by atoms with Gasteiger partial charge < -0.3 is 10.1 Å². The highest BCUT2D eigenvalue weighted by Gasteiger charge is 2.34. The SMILES string of the molecule is Fc1ccc(-c2cc(F)cc(COCC3(c4ccccc4)CCNCC3)c2)cc1. The first-order valence-electron chi connectivity index (χ1n) is 10.0. The van der Waals surface area contributed by atoms with Gasteiger partial charge in [-0.25, -0.2) is 8.78 Å². The number of hydrogen-bond donors (Lipinski definition) is 1. The summed E-state index contributed by atoms with van der Waals surface area (Å²) in [5.74, 6) is -0.619. The normalized spacial score (nSPS) is 15.9. The monoisotopic (exact) mass is 393 g/mol. The number of hydrogen-bond acceptors (Lipinski definition) is 2. The van der Waals surface area contributed by atoms with Gasteiger partial charge in [-0.2, -0.15) is 0 Å². The summed E-state index contributed by atoms with van der Waals surface area (Å²) in [5.41, 5.74) is 3.57. The standard InChI is InChI=1S/C25H25F2NO/c26-23-8-6-20(7-9-23)21-14-19(15-24(27)16-21)17-29-18-25(10-12-28-13-11-25)22-4-2-1-3-5-22/h1-9,14-16,28H,10-13,17-18H2. The van der Waals surface area contributed by atoms with Crippen LogP contribution in [0.15, 0.2) is 72.8 Å². The van der Waals surface area contributed by atoms with E-state index in [4.69, 9.17) is 4.74 Å². The Morgan fingerprint density at radius 3 is 2.24 bits per heavy atom. The highest BCUT2D eigenvalue weighted by atomic mass is 19.1. The van der Waals surface area contributed by atoms with E-state index in [-0.39, 0.29) is 17.0 Å². The second-order valence-corrected chi connectivity index (χ2v) is 7.74. The minimum atomic E-state index is -0.315. The maximum absolute atomic E-state index is 14.2. The van der Waals surface area contributed by atoms with Crippen molar-refractivity contribution in [2.75, 3.05) is 19.7 Å². The fourth-order valence-corrected chi connectivity index (χ4v) is 4.12. The molecule has 0 aromatic heterocycles. The third kappa shape index (κ3) is 4.72. The van der Waals surface area contributed by atoms with Crippen LogP contribution in [0, 0.1) is 11.6 Å². The summed E-state index contributed by atoms with van der Waals surface area (Å²) >= 11 is 0. The van der Waals surface area contributed by atoms with Crippen LogP contribution in [-0.2, 0) is 16.8 Å². The molecule has 4 rings (SSSR count). The molecule has 29 heavy (non-hydrogen) atoms. The summed E-state index contributed by atoms with van der Waals surface area (Å²) in [7, 11) is 0. The molecule has 0 atom stereocenters. The van der Waals surface area contributed by atoms with Crippen molar-refractivity contribution in [1.82, 2.24) is 5.32 Å². The van der Waals surface area contributed by atoms with E-state index in [1.807, 2.05) is 12.1 Å². The molecule has 1 aliphatic rings. The summed E-state index contributed by atoms with van der Waals surface area (Å²) in [6.07, 6.45) is 2.03. The topological polar surface area (TPSA) is 21.3 Å². The molecule has 3 aromatic rings. The van der Waals surface area contributed by atoms with Crippen LogP contribution in [-0.4, -0.2) is 19.7 Å². The lowest BCUT2D eigenvalue weighted by Gasteiger charge is -2.38. The molecule has 150 valence electrons. The van der Waals surface area contributed by atoms with E-state index in [1.165, 1.54) is 29.8 Å². The zero-order valence-corrected chi connectivity index (χ0v) is 16.3. The number of halogens is 2. The Morgan fingerprint density at radius 1 is 0.793 bits per heavy atom. The molecule has 2 nitrogen and oxygen atoms in total. The van der Waals surface area contributed by atoms with Gasteiger partial charge >= 0.3 is 0 Å². The van der Waals surface area contributed by atoms with E-state index in [1.54, 1.807) is 12.1 Å². The van der Waals surface area contributed by atoms with E-state index < -0.39 is 0 Å². The minimum absolute atomic E-state index is 0.0143.